The second kappa shape index (κ2) is 11.2. The van der Waals surface area contributed by atoms with Gasteiger partial charge in [0.05, 0.1) is 27.4 Å². The summed E-state index contributed by atoms with van der Waals surface area (Å²) in [4.78, 5) is 21.8. The lowest BCUT2D eigenvalue weighted by molar-refractivity contribution is 0.0986. The number of fused-ring (bicyclic) bond motifs is 1. The lowest BCUT2D eigenvalue weighted by Gasteiger charge is -2.21. The number of carbonyl (C=O) groups is 1. The van der Waals surface area contributed by atoms with Crippen LogP contribution in [0.25, 0.3) is 10.2 Å². The molecule has 0 fully saturated rings. The van der Waals surface area contributed by atoms with Crippen LogP contribution in [0.15, 0.2) is 36.4 Å². The number of rotatable bonds is 8. The topological polar surface area (TPSA) is 45.7 Å². The van der Waals surface area contributed by atoms with Crippen LogP contribution < -0.4 is 9.64 Å². The maximum atomic E-state index is 13.4. The van der Waals surface area contributed by atoms with Gasteiger partial charge in [-0.25, -0.2) is 4.98 Å². The first kappa shape index (κ1) is 24.7. The van der Waals surface area contributed by atoms with E-state index in [0.29, 0.717) is 33.9 Å². The summed E-state index contributed by atoms with van der Waals surface area (Å²) >= 11 is 13.9. The Hall–Kier alpha value is -1.57. The molecule has 0 saturated carbocycles. The lowest BCUT2D eigenvalue weighted by Crippen LogP contribution is -2.33. The number of thiazole rings is 1. The van der Waals surface area contributed by atoms with Crippen LogP contribution in [0.5, 0.6) is 5.75 Å². The predicted octanol–water partition coefficient (Wildman–Crippen LogP) is 6.02. The summed E-state index contributed by atoms with van der Waals surface area (Å²) in [5.41, 5.74) is 1.20. The van der Waals surface area contributed by atoms with Gasteiger partial charge in [0.15, 0.2) is 5.13 Å². The summed E-state index contributed by atoms with van der Waals surface area (Å²) in [5, 5.41) is 1.47. The van der Waals surface area contributed by atoms with Crippen molar-refractivity contribution < 1.29 is 9.53 Å². The smallest absolute Gasteiger partial charge is 0.261 e. The van der Waals surface area contributed by atoms with E-state index in [0.717, 1.165) is 28.9 Å². The second-order valence-electron chi connectivity index (χ2n) is 6.80. The first-order valence-electron chi connectivity index (χ1n) is 9.34. The minimum Gasteiger partial charge on any atom is -0.494 e. The molecule has 9 heteroatoms. The van der Waals surface area contributed by atoms with Crippen LogP contribution >= 0.6 is 46.9 Å². The third kappa shape index (κ3) is 5.99. The second-order valence-corrected chi connectivity index (χ2v) is 8.65. The molecule has 0 spiro atoms. The number of anilines is 1. The molecule has 0 bridgehead atoms. The average Bonchev–Trinajstić information content (AvgIpc) is 3.09. The summed E-state index contributed by atoms with van der Waals surface area (Å²) in [5.74, 6) is 0.582. The number of carbonyl (C=O) groups excluding carboxylic acids is 1. The molecule has 0 radical (unpaired) electrons. The summed E-state index contributed by atoms with van der Waals surface area (Å²) < 4.78 is 6.55. The normalized spacial score (nSPS) is 10.9. The maximum absolute atomic E-state index is 13.4. The Kier molecular flexibility index (Phi) is 9.19. The van der Waals surface area contributed by atoms with Crippen LogP contribution in [0.2, 0.25) is 10.0 Å². The highest BCUT2D eigenvalue weighted by Gasteiger charge is 2.23. The number of benzene rings is 2. The lowest BCUT2D eigenvalue weighted by atomic mass is 10.2. The molecular weight excluding hydrogens is 465 g/mol. The standard InChI is InChI=1S/C21H23Cl2N3O2S.ClH/c1-4-28-15-7-9-18-19(13-15)29-21(24-18)26(11-5-10-25(2)3)20(27)16-12-14(22)6-8-17(16)23;/h6-9,12-13H,4-5,10-11H2,1-3H3;1H. The molecule has 0 aliphatic heterocycles. The summed E-state index contributed by atoms with van der Waals surface area (Å²) in [6, 6.07) is 10.7. The van der Waals surface area contributed by atoms with Gasteiger partial charge >= 0.3 is 0 Å². The Balaban J connectivity index is 0.00000320. The SMILES string of the molecule is CCOc1ccc2nc(N(CCCN(C)C)C(=O)c3cc(Cl)ccc3Cl)sc2c1.Cl. The van der Waals surface area contributed by atoms with Crippen molar-refractivity contribution in [2.75, 3.05) is 38.7 Å². The van der Waals surface area contributed by atoms with Crippen molar-refractivity contribution in [3.8, 4) is 5.75 Å². The van der Waals surface area contributed by atoms with Crippen molar-refractivity contribution >= 4 is 68.2 Å². The summed E-state index contributed by atoms with van der Waals surface area (Å²) in [6.07, 6.45) is 0.803. The van der Waals surface area contributed by atoms with Gasteiger partial charge in [-0.1, -0.05) is 34.5 Å². The Morgan fingerprint density at radius 2 is 1.90 bits per heavy atom. The number of halogens is 3. The van der Waals surface area contributed by atoms with Crippen molar-refractivity contribution in [3.05, 3.63) is 52.0 Å². The number of aromatic nitrogens is 1. The number of hydrogen-bond donors (Lipinski definition) is 0. The fourth-order valence-electron chi connectivity index (χ4n) is 2.90. The Morgan fingerprint density at radius 1 is 1.13 bits per heavy atom. The molecule has 1 aromatic heterocycles. The van der Waals surface area contributed by atoms with E-state index in [1.807, 2.05) is 39.2 Å². The third-order valence-electron chi connectivity index (χ3n) is 4.28. The largest absolute Gasteiger partial charge is 0.494 e. The molecule has 0 aliphatic rings. The first-order valence-corrected chi connectivity index (χ1v) is 10.9. The van der Waals surface area contributed by atoms with Crippen molar-refractivity contribution in [1.29, 1.82) is 0 Å². The number of hydrogen-bond acceptors (Lipinski definition) is 5. The fourth-order valence-corrected chi connectivity index (χ4v) is 4.29. The van der Waals surface area contributed by atoms with Crippen LogP contribution in [0.4, 0.5) is 5.13 Å². The van der Waals surface area contributed by atoms with E-state index >= 15 is 0 Å². The van der Waals surface area contributed by atoms with Crippen LogP contribution in [-0.4, -0.2) is 49.6 Å². The first-order chi connectivity index (χ1) is 13.9. The highest BCUT2D eigenvalue weighted by atomic mass is 35.5. The van der Waals surface area contributed by atoms with Gasteiger partial charge in [-0.15, -0.1) is 12.4 Å². The monoisotopic (exact) mass is 487 g/mol. The van der Waals surface area contributed by atoms with Crippen LogP contribution in [0.3, 0.4) is 0 Å². The molecule has 3 rings (SSSR count). The Bertz CT molecular complexity index is 1010. The van der Waals surface area contributed by atoms with Crippen molar-refractivity contribution in [2.24, 2.45) is 0 Å². The van der Waals surface area contributed by atoms with Crippen LogP contribution in [0, 0.1) is 0 Å². The molecule has 0 aliphatic carbocycles. The van der Waals surface area contributed by atoms with Gasteiger partial charge in [0.25, 0.3) is 5.91 Å². The van der Waals surface area contributed by atoms with Crippen molar-refractivity contribution in [2.45, 2.75) is 13.3 Å². The summed E-state index contributed by atoms with van der Waals surface area (Å²) in [7, 11) is 4.01. The van der Waals surface area contributed by atoms with E-state index in [9.17, 15) is 4.79 Å². The van der Waals surface area contributed by atoms with E-state index in [1.54, 1.807) is 23.1 Å². The fraction of sp³-hybridized carbons (Fsp3) is 0.333. The molecule has 2 aromatic carbocycles. The predicted molar refractivity (Wildman–Crippen MR) is 129 cm³/mol. The third-order valence-corrected chi connectivity index (χ3v) is 5.89. The molecule has 0 saturated heterocycles. The van der Waals surface area contributed by atoms with E-state index in [-0.39, 0.29) is 18.3 Å². The van der Waals surface area contributed by atoms with Gasteiger partial charge in [-0.05, 0) is 70.4 Å². The molecule has 1 amide bonds. The van der Waals surface area contributed by atoms with Gasteiger partial charge in [-0.2, -0.15) is 0 Å². The highest BCUT2D eigenvalue weighted by molar-refractivity contribution is 7.22. The molecular formula is C21H24Cl3N3O2S. The van der Waals surface area contributed by atoms with Gasteiger partial charge in [0, 0.05) is 11.6 Å². The highest BCUT2D eigenvalue weighted by Crippen LogP contribution is 2.33. The minimum atomic E-state index is -0.208. The quantitative estimate of drug-likeness (QED) is 0.389. The number of amides is 1. The minimum absolute atomic E-state index is 0. The zero-order valence-electron chi connectivity index (χ0n) is 17.0. The maximum Gasteiger partial charge on any atom is 0.261 e. The Labute approximate surface area is 197 Å². The molecule has 0 unspecified atom stereocenters. The van der Waals surface area contributed by atoms with E-state index in [4.69, 9.17) is 27.9 Å². The zero-order chi connectivity index (χ0) is 21.0. The summed E-state index contributed by atoms with van der Waals surface area (Å²) in [6.45, 7) is 3.92. The zero-order valence-corrected chi connectivity index (χ0v) is 20.2. The van der Waals surface area contributed by atoms with Gasteiger partial charge in [0.2, 0.25) is 0 Å². The van der Waals surface area contributed by atoms with Crippen LogP contribution in [-0.2, 0) is 0 Å². The molecule has 30 heavy (non-hydrogen) atoms. The molecule has 3 aromatic rings. The van der Waals surface area contributed by atoms with E-state index in [2.05, 4.69) is 9.88 Å². The molecule has 1 heterocycles. The Morgan fingerprint density at radius 3 is 2.60 bits per heavy atom. The van der Waals surface area contributed by atoms with Crippen molar-refractivity contribution in [3.63, 3.8) is 0 Å². The number of ether oxygens (including phenoxy) is 1. The van der Waals surface area contributed by atoms with E-state index in [1.165, 1.54) is 11.3 Å². The number of nitrogens with zero attached hydrogens (tertiary/aromatic N) is 3. The van der Waals surface area contributed by atoms with E-state index < -0.39 is 0 Å². The molecule has 5 nitrogen and oxygen atoms in total. The van der Waals surface area contributed by atoms with Gasteiger partial charge < -0.3 is 9.64 Å². The molecule has 0 atom stereocenters. The molecule has 0 N–H and O–H groups in total. The molecule has 162 valence electrons. The van der Waals surface area contributed by atoms with Crippen molar-refractivity contribution in [1.82, 2.24) is 9.88 Å². The van der Waals surface area contributed by atoms with Gasteiger partial charge in [0.1, 0.15) is 5.75 Å². The van der Waals surface area contributed by atoms with Crippen LogP contribution in [0.1, 0.15) is 23.7 Å². The average molecular weight is 489 g/mol. The van der Waals surface area contributed by atoms with Gasteiger partial charge in [-0.3, -0.25) is 9.69 Å².